The molecule has 0 aliphatic carbocycles. The van der Waals surface area contributed by atoms with Gasteiger partial charge in [-0.05, 0) is 23.8 Å². The maximum Gasteiger partial charge on any atom is 0.265 e. The fraction of sp³-hybridized carbons (Fsp3) is 0.136. The third-order valence-corrected chi connectivity index (χ3v) is 5.11. The second-order valence-electron chi connectivity index (χ2n) is 6.27. The van der Waals surface area contributed by atoms with Crippen LogP contribution in [0.5, 0.6) is 0 Å². The van der Waals surface area contributed by atoms with Crippen molar-refractivity contribution in [2.24, 2.45) is 0 Å². The Morgan fingerprint density at radius 1 is 1.13 bits per heavy atom. The molecule has 0 aliphatic heterocycles. The van der Waals surface area contributed by atoms with Crippen LogP contribution in [0.3, 0.4) is 0 Å². The van der Waals surface area contributed by atoms with Crippen LogP contribution in [0.1, 0.15) is 28.8 Å². The van der Waals surface area contributed by atoms with E-state index in [-0.39, 0.29) is 22.0 Å². The van der Waals surface area contributed by atoms with Crippen molar-refractivity contribution in [3.8, 4) is 6.07 Å². The summed E-state index contributed by atoms with van der Waals surface area (Å²) in [6.45, 7) is 0. The van der Waals surface area contributed by atoms with Gasteiger partial charge in [0.15, 0.2) is 0 Å². The van der Waals surface area contributed by atoms with E-state index in [1.165, 1.54) is 24.3 Å². The molecule has 0 unspecified atom stereocenters. The van der Waals surface area contributed by atoms with Gasteiger partial charge in [0.05, 0.1) is 17.0 Å². The second-order valence-corrected chi connectivity index (χ2v) is 7.24. The Labute approximate surface area is 175 Å². The van der Waals surface area contributed by atoms with Gasteiger partial charge < -0.3 is 5.32 Å². The van der Waals surface area contributed by atoms with E-state index in [4.69, 9.17) is 0 Å². The molecule has 1 N–H and O–H groups in total. The highest BCUT2D eigenvalue weighted by atomic mass is 32.2. The quantitative estimate of drug-likeness (QED) is 0.516. The lowest BCUT2D eigenvalue weighted by Crippen LogP contribution is -2.15. The summed E-state index contributed by atoms with van der Waals surface area (Å²) >= 11 is 0.860. The number of carbonyl (C=O) groups excluding carboxylic acids is 1. The predicted octanol–water partition coefficient (Wildman–Crippen LogP) is 5.35. The number of benzene rings is 2. The Kier molecular flexibility index (Phi) is 7.09. The van der Waals surface area contributed by atoms with Crippen molar-refractivity contribution in [3.05, 3.63) is 88.9 Å². The molecule has 0 fully saturated rings. The first kappa shape index (κ1) is 21.4. The molecule has 2 aromatic carbocycles. The number of thioether (sulfide) groups is 1. The highest BCUT2D eigenvalue weighted by molar-refractivity contribution is 8.00. The smallest absolute Gasteiger partial charge is 0.265 e. The lowest BCUT2D eigenvalue weighted by molar-refractivity contribution is -0.113. The number of amides is 1. The van der Waals surface area contributed by atoms with Gasteiger partial charge >= 0.3 is 0 Å². The lowest BCUT2D eigenvalue weighted by atomic mass is 10.1. The SMILES string of the molecule is N#Cc1c(C(F)F)cc(Cc2ccccc2)nc1SCC(=O)Nc1ccccc1F. The van der Waals surface area contributed by atoms with E-state index in [0.717, 1.165) is 17.3 Å². The largest absolute Gasteiger partial charge is 0.323 e. The van der Waals surface area contributed by atoms with E-state index < -0.39 is 23.7 Å². The molecule has 8 heteroatoms. The molecule has 0 atom stereocenters. The summed E-state index contributed by atoms with van der Waals surface area (Å²) in [5, 5.41) is 11.8. The standard InChI is InChI=1S/C22H16F3N3OS/c23-18-8-4-5-9-19(18)28-20(29)13-30-22-17(12-26)16(21(24)25)11-15(27-22)10-14-6-2-1-3-7-14/h1-9,11,21H,10,13H2,(H,28,29). The minimum atomic E-state index is -2.86. The maximum absolute atomic E-state index is 13.7. The Balaban J connectivity index is 1.82. The monoisotopic (exact) mass is 427 g/mol. The van der Waals surface area contributed by atoms with Gasteiger partial charge in [0.25, 0.3) is 6.43 Å². The molecule has 0 spiro atoms. The van der Waals surface area contributed by atoms with Crippen molar-refractivity contribution < 1.29 is 18.0 Å². The van der Waals surface area contributed by atoms with Gasteiger partial charge in [-0.3, -0.25) is 4.79 Å². The average Bonchev–Trinajstić information content (AvgIpc) is 2.74. The number of hydrogen-bond donors (Lipinski definition) is 1. The number of para-hydroxylation sites is 1. The van der Waals surface area contributed by atoms with E-state index in [1.807, 2.05) is 30.3 Å². The second kappa shape index (κ2) is 9.94. The summed E-state index contributed by atoms with van der Waals surface area (Å²) < 4.78 is 40.7. The summed E-state index contributed by atoms with van der Waals surface area (Å²) in [7, 11) is 0. The predicted molar refractivity (Wildman–Crippen MR) is 109 cm³/mol. The molecule has 1 heterocycles. The molecule has 0 radical (unpaired) electrons. The highest BCUT2D eigenvalue weighted by Gasteiger charge is 2.21. The normalized spacial score (nSPS) is 10.6. The summed E-state index contributed by atoms with van der Waals surface area (Å²) in [5.74, 6) is -1.34. The molecule has 0 aliphatic rings. The van der Waals surface area contributed by atoms with Crippen LogP contribution < -0.4 is 5.32 Å². The molecule has 1 aromatic heterocycles. The number of alkyl halides is 2. The van der Waals surface area contributed by atoms with Gasteiger partial charge in [-0.1, -0.05) is 54.2 Å². The zero-order valence-electron chi connectivity index (χ0n) is 15.6. The lowest BCUT2D eigenvalue weighted by Gasteiger charge is -2.12. The van der Waals surface area contributed by atoms with Crippen LogP contribution in [0, 0.1) is 17.1 Å². The zero-order chi connectivity index (χ0) is 21.5. The van der Waals surface area contributed by atoms with Crippen LogP contribution in [0.25, 0.3) is 0 Å². The Hall–Kier alpha value is -3.31. The van der Waals surface area contributed by atoms with E-state index >= 15 is 0 Å². The average molecular weight is 427 g/mol. The molecule has 0 saturated heterocycles. The first-order chi connectivity index (χ1) is 14.5. The van der Waals surface area contributed by atoms with Crippen LogP contribution in [0.4, 0.5) is 18.9 Å². The molecule has 30 heavy (non-hydrogen) atoms. The van der Waals surface area contributed by atoms with Crippen molar-refractivity contribution in [2.75, 3.05) is 11.1 Å². The highest BCUT2D eigenvalue weighted by Crippen LogP contribution is 2.31. The molecule has 0 bridgehead atoms. The molecule has 152 valence electrons. The molecule has 0 saturated carbocycles. The van der Waals surface area contributed by atoms with Gasteiger partial charge in [0.1, 0.15) is 16.9 Å². The van der Waals surface area contributed by atoms with E-state index in [2.05, 4.69) is 10.3 Å². The number of aromatic nitrogens is 1. The third kappa shape index (κ3) is 5.39. The topological polar surface area (TPSA) is 65.8 Å². The molecular weight excluding hydrogens is 411 g/mol. The zero-order valence-corrected chi connectivity index (χ0v) is 16.4. The minimum absolute atomic E-state index is 0.0164. The van der Waals surface area contributed by atoms with E-state index in [0.29, 0.717) is 12.1 Å². The Morgan fingerprint density at radius 2 is 1.83 bits per heavy atom. The Bertz CT molecular complexity index is 1080. The number of pyridine rings is 1. The van der Waals surface area contributed by atoms with Gasteiger partial charge in [-0.25, -0.2) is 18.2 Å². The van der Waals surface area contributed by atoms with Gasteiger partial charge in [0.2, 0.25) is 5.91 Å². The van der Waals surface area contributed by atoms with Crippen LogP contribution in [0.15, 0.2) is 65.7 Å². The number of nitrogens with zero attached hydrogens (tertiary/aromatic N) is 2. The Morgan fingerprint density at radius 3 is 2.50 bits per heavy atom. The number of rotatable bonds is 7. The maximum atomic E-state index is 13.7. The number of anilines is 1. The molecule has 1 amide bonds. The van der Waals surface area contributed by atoms with Crippen LogP contribution in [-0.2, 0) is 11.2 Å². The number of hydrogen-bond acceptors (Lipinski definition) is 4. The fourth-order valence-electron chi connectivity index (χ4n) is 2.76. The first-order valence-electron chi connectivity index (χ1n) is 8.91. The first-order valence-corrected chi connectivity index (χ1v) is 9.89. The van der Waals surface area contributed by atoms with Crippen molar-refractivity contribution in [1.82, 2.24) is 4.98 Å². The number of carbonyl (C=O) groups is 1. The van der Waals surface area contributed by atoms with E-state index in [1.54, 1.807) is 12.1 Å². The van der Waals surface area contributed by atoms with Gasteiger partial charge in [-0.15, -0.1) is 0 Å². The summed E-state index contributed by atoms with van der Waals surface area (Å²) in [6.07, 6.45) is -2.55. The minimum Gasteiger partial charge on any atom is -0.323 e. The van der Waals surface area contributed by atoms with E-state index in [9.17, 15) is 23.2 Å². The third-order valence-electron chi connectivity index (χ3n) is 4.13. The summed E-state index contributed by atoms with van der Waals surface area (Å²) in [4.78, 5) is 16.5. The molecular formula is C22H16F3N3OS. The number of halogens is 3. The fourth-order valence-corrected chi connectivity index (χ4v) is 3.59. The van der Waals surface area contributed by atoms with Crippen LogP contribution >= 0.6 is 11.8 Å². The van der Waals surface area contributed by atoms with Crippen LogP contribution in [-0.4, -0.2) is 16.6 Å². The summed E-state index contributed by atoms with van der Waals surface area (Å²) in [5.41, 5.74) is 0.583. The molecule has 4 nitrogen and oxygen atoms in total. The number of nitrogens with one attached hydrogen (secondary N) is 1. The van der Waals surface area contributed by atoms with Gasteiger partial charge in [-0.2, -0.15) is 5.26 Å². The van der Waals surface area contributed by atoms with Crippen molar-refractivity contribution >= 4 is 23.4 Å². The van der Waals surface area contributed by atoms with Crippen molar-refractivity contribution in [3.63, 3.8) is 0 Å². The molecule has 3 aromatic rings. The van der Waals surface area contributed by atoms with Crippen molar-refractivity contribution in [2.45, 2.75) is 17.9 Å². The van der Waals surface area contributed by atoms with Gasteiger partial charge in [0, 0.05) is 17.7 Å². The molecule has 3 rings (SSSR count). The van der Waals surface area contributed by atoms with Crippen LogP contribution in [0.2, 0.25) is 0 Å². The number of nitriles is 1. The summed E-state index contributed by atoms with van der Waals surface area (Å²) in [6, 6.07) is 17.9. The van der Waals surface area contributed by atoms with Crippen molar-refractivity contribution in [1.29, 1.82) is 5.26 Å².